The minimum Gasteiger partial charge on any atom is -0.372 e. The lowest BCUT2D eigenvalue weighted by Crippen LogP contribution is -2.47. The molecule has 3 atom stereocenters. The molecule has 1 aromatic carbocycles. The highest BCUT2D eigenvalue weighted by molar-refractivity contribution is 7.89. The number of hydrogen-bond donors (Lipinski definition) is 1. The number of ether oxygens (including phenoxy) is 1. The average Bonchev–Trinajstić information content (AvgIpc) is 3.64. The Morgan fingerprint density at radius 2 is 1.67 bits per heavy atom. The topological polar surface area (TPSA) is 108 Å². The van der Waals surface area contributed by atoms with Crippen LogP contribution in [0, 0.1) is 5.92 Å². The van der Waals surface area contributed by atoms with Crippen molar-refractivity contribution < 1.29 is 17.9 Å². The second-order valence-electron chi connectivity index (χ2n) is 12.4. The van der Waals surface area contributed by atoms with Crippen molar-refractivity contribution in [1.29, 1.82) is 0 Å². The van der Waals surface area contributed by atoms with Gasteiger partial charge in [-0.2, -0.15) is 4.31 Å². The van der Waals surface area contributed by atoms with Crippen molar-refractivity contribution in [2.75, 3.05) is 56.5 Å². The van der Waals surface area contributed by atoms with Gasteiger partial charge in [0.05, 0.1) is 23.0 Å². The molecule has 0 radical (unpaired) electrons. The summed E-state index contributed by atoms with van der Waals surface area (Å²) in [6.45, 7) is 8.11. The first-order valence-corrected chi connectivity index (χ1v) is 17.7. The maximum atomic E-state index is 13.8. The van der Waals surface area contributed by atoms with E-state index < -0.39 is 15.9 Å². The molecule has 6 rings (SSSR count). The van der Waals surface area contributed by atoms with Gasteiger partial charge < -0.3 is 19.9 Å². The molecule has 232 valence electrons. The second kappa shape index (κ2) is 12.8. The first-order chi connectivity index (χ1) is 20.7. The van der Waals surface area contributed by atoms with Gasteiger partial charge in [-0.3, -0.25) is 4.79 Å². The zero-order valence-electron chi connectivity index (χ0n) is 25.2. The molecule has 2 aromatic heterocycles. The smallest absolute Gasteiger partial charge is 0.243 e. The Bertz CT molecular complexity index is 1520. The molecule has 2 saturated heterocycles. The van der Waals surface area contributed by atoms with E-state index in [1.165, 1.54) is 24.2 Å². The minimum atomic E-state index is -3.57. The van der Waals surface area contributed by atoms with Gasteiger partial charge in [-0.15, -0.1) is 0 Å². The van der Waals surface area contributed by atoms with Gasteiger partial charge in [0.2, 0.25) is 15.9 Å². The van der Waals surface area contributed by atoms with Crippen LogP contribution in [0.25, 0.3) is 10.3 Å². The number of carbonyl (C=O) groups excluding carboxylic acids is 1. The van der Waals surface area contributed by atoms with E-state index in [1.54, 1.807) is 16.4 Å². The summed E-state index contributed by atoms with van der Waals surface area (Å²) in [6, 6.07) is 10.9. The van der Waals surface area contributed by atoms with Gasteiger partial charge in [0, 0.05) is 39.3 Å². The summed E-state index contributed by atoms with van der Waals surface area (Å²) < 4.78 is 34.0. The van der Waals surface area contributed by atoms with Crippen molar-refractivity contribution in [3.8, 4) is 0 Å². The predicted molar refractivity (Wildman–Crippen MR) is 170 cm³/mol. The zero-order valence-corrected chi connectivity index (χ0v) is 26.9. The molecule has 10 nitrogen and oxygen atoms in total. The monoisotopic (exact) mass is 626 g/mol. The summed E-state index contributed by atoms with van der Waals surface area (Å²) in [7, 11) is -1.57. The molecule has 3 aliphatic rings. The van der Waals surface area contributed by atoms with Gasteiger partial charge in [-0.05, 0) is 63.1 Å². The Kier molecular flexibility index (Phi) is 9.02. The van der Waals surface area contributed by atoms with Crippen molar-refractivity contribution in [1.82, 2.24) is 19.2 Å². The Labute approximate surface area is 258 Å². The van der Waals surface area contributed by atoms with E-state index in [1.807, 2.05) is 31.3 Å². The van der Waals surface area contributed by atoms with Crippen LogP contribution in [0.3, 0.4) is 0 Å². The molecule has 0 bridgehead atoms. The third kappa shape index (κ3) is 6.88. The third-order valence-electron chi connectivity index (χ3n) is 8.96. The third-order valence-corrected chi connectivity index (χ3v) is 11.8. The van der Waals surface area contributed by atoms with E-state index >= 15 is 0 Å². The number of pyridine rings is 1. The van der Waals surface area contributed by atoms with E-state index in [4.69, 9.17) is 9.72 Å². The Balaban J connectivity index is 1.20. The van der Waals surface area contributed by atoms with Gasteiger partial charge in [0.15, 0.2) is 5.13 Å². The number of rotatable bonds is 8. The van der Waals surface area contributed by atoms with Crippen LogP contribution in [0.2, 0.25) is 0 Å². The van der Waals surface area contributed by atoms with Gasteiger partial charge >= 0.3 is 0 Å². The van der Waals surface area contributed by atoms with Crippen LogP contribution >= 0.6 is 11.3 Å². The number of sulfonamides is 1. The van der Waals surface area contributed by atoms with E-state index in [-0.39, 0.29) is 23.0 Å². The van der Waals surface area contributed by atoms with Gasteiger partial charge in [-0.1, -0.05) is 49.2 Å². The lowest BCUT2D eigenvalue weighted by atomic mass is 9.87. The molecule has 12 heteroatoms. The Morgan fingerprint density at radius 1 is 1.00 bits per heavy atom. The molecule has 1 aliphatic carbocycles. The molecule has 1 saturated carbocycles. The van der Waals surface area contributed by atoms with Crippen LogP contribution in [0.4, 0.5) is 10.9 Å². The Morgan fingerprint density at radius 3 is 2.35 bits per heavy atom. The number of likely N-dealkylation sites (N-methyl/N-ethyl adjacent to an activating group) is 1. The molecule has 43 heavy (non-hydrogen) atoms. The molecule has 2 aliphatic heterocycles. The number of amides is 1. The van der Waals surface area contributed by atoms with Crippen LogP contribution in [0.5, 0.6) is 0 Å². The van der Waals surface area contributed by atoms with Crippen LogP contribution in [0.15, 0.2) is 41.3 Å². The molecule has 3 fully saturated rings. The molecular formula is C31H42N6O4S2. The first kappa shape index (κ1) is 30.4. The van der Waals surface area contributed by atoms with Crippen molar-refractivity contribution in [3.05, 3.63) is 42.0 Å². The first-order valence-electron chi connectivity index (χ1n) is 15.4. The lowest BCUT2D eigenvalue weighted by Gasteiger charge is -2.36. The fraction of sp³-hybridized carbons (Fsp3) is 0.581. The quantitative estimate of drug-likeness (QED) is 0.388. The van der Waals surface area contributed by atoms with E-state index in [9.17, 15) is 13.2 Å². The summed E-state index contributed by atoms with van der Waals surface area (Å²) in [5.74, 6) is 0.858. The van der Waals surface area contributed by atoms with Crippen LogP contribution in [-0.4, -0.2) is 92.0 Å². The number of carbonyl (C=O) groups is 1. The average molecular weight is 627 g/mol. The molecule has 3 aromatic rings. The van der Waals surface area contributed by atoms with Crippen LogP contribution in [-0.2, 0) is 19.6 Å². The number of morpholine rings is 1. The summed E-state index contributed by atoms with van der Waals surface area (Å²) in [6.07, 6.45) is 5.61. The standard InChI is InChI=1S/C31H42N6O4S2/c1-21-19-36(20-22(2)41-21)28-13-12-27-30(33-28)42-31(32-27)34-29(38)26(18-23-6-4-5-7-23)24-8-10-25(11-9-24)43(39,40)37-16-14-35(3)15-17-37/h8-13,21-23,26H,4-7,14-20H2,1-3H3,(H,32,34,38). The van der Waals surface area contributed by atoms with E-state index in [0.29, 0.717) is 24.1 Å². The minimum absolute atomic E-state index is 0.114. The van der Waals surface area contributed by atoms with Crippen LogP contribution < -0.4 is 10.2 Å². The van der Waals surface area contributed by atoms with Gasteiger partial charge in [0.25, 0.3) is 0 Å². The van der Waals surface area contributed by atoms with Crippen molar-refractivity contribution in [2.24, 2.45) is 5.92 Å². The molecule has 4 heterocycles. The molecule has 1 amide bonds. The summed E-state index contributed by atoms with van der Waals surface area (Å²) >= 11 is 1.38. The van der Waals surface area contributed by atoms with Crippen molar-refractivity contribution in [2.45, 2.75) is 69.0 Å². The highest BCUT2D eigenvalue weighted by Crippen LogP contribution is 2.36. The van der Waals surface area contributed by atoms with Crippen LogP contribution in [0.1, 0.15) is 57.4 Å². The number of hydrogen-bond acceptors (Lipinski definition) is 9. The predicted octanol–water partition coefficient (Wildman–Crippen LogP) is 4.54. The number of piperazine rings is 1. The fourth-order valence-corrected chi connectivity index (χ4v) is 8.88. The van der Waals surface area contributed by atoms with Crippen molar-refractivity contribution >= 4 is 48.6 Å². The van der Waals surface area contributed by atoms with E-state index in [0.717, 1.165) is 67.2 Å². The number of benzene rings is 1. The maximum Gasteiger partial charge on any atom is 0.243 e. The largest absolute Gasteiger partial charge is 0.372 e. The highest BCUT2D eigenvalue weighted by Gasteiger charge is 2.30. The van der Waals surface area contributed by atoms with Gasteiger partial charge in [-0.25, -0.2) is 18.4 Å². The van der Waals surface area contributed by atoms with Crippen molar-refractivity contribution in [3.63, 3.8) is 0 Å². The number of anilines is 2. The van der Waals surface area contributed by atoms with Gasteiger partial charge in [0.1, 0.15) is 16.2 Å². The molecule has 0 spiro atoms. The molecule has 1 N–H and O–H groups in total. The number of thiazole rings is 1. The molecular weight excluding hydrogens is 585 g/mol. The summed E-state index contributed by atoms with van der Waals surface area (Å²) in [4.78, 5) is 28.8. The summed E-state index contributed by atoms with van der Waals surface area (Å²) in [5.41, 5.74) is 1.59. The number of fused-ring (bicyclic) bond motifs is 1. The maximum absolute atomic E-state index is 13.8. The SMILES string of the molecule is CC1CN(c2ccc3nc(NC(=O)C(CC4CCCC4)c4ccc(S(=O)(=O)N5CCN(C)CC5)cc4)sc3n2)CC(C)O1. The number of nitrogens with one attached hydrogen (secondary N) is 1. The fourth-order valence-electron chi connectivity index (χ4n) is 6.62. The zero-order chi connectivity index (χ0) is 30.1. The summed E-state index contributed by atoms with van der Waals surface area (Å²) in [5, 5.41) is 3.61. The Hall–Kier alpha value is -2.64. The van der Waals surface area contributed by atoms with E-state index in [2.05, 4.69) is 33.9 Å². The highest BCUT2D eigenvalue weighted by atomic mass is 32.2. The second-order valence-corrected chi connectivity index (χ2v) is 15.3. The molecule has 3 unspecified atom stereocenters. The number of aromatic nitrogens is 2. The number of nitrogens with zero attached hydrogens (tertiary/aromatic N) is 5. The lowest BCUT2D eigenvalue weighted by molar-refractivity contribution is -0.118. The normalized spacial score (nSPS) is 23.6.